The Bertz CT molecular complexity index is 380. The molecular weight excluding hydrogens is 289 g/mol. The minimum absolute atomic E-state index is 0.461. The average Bonchev–Trinajstić information content (AvgIpc) is 2.34. The molecule has 0 bridgehead atoms. The predicted octanol–water partition coefficient (Wildman–Crippen LogP) is 5.71. The van der Waals surface area contributed by atoms with Gasteiger partial charge >= 0.3 is 0 Å². The van der Waals surface area contributed by atoms with Gasteiger partial charge in [-0.05, 0) is 25.5 Å². The molecule has 1 aromatic carbocycles. The van der Waals surface area contributed by atoms with Crippen LogP contribution in [0.1, 0.15) is 45.1 Å². The minimum atomic E-state index is 0.461. The molecule has 0 aromatic heterocycles. The molecule has 0 fully saturated rings. The van der Waals surface area contributed by atoms with Gasteiger partial charge in [0.25, 0.3) is 0 Å². The van der Waals surface area contributed by atoms with Crippen LogP contribution in [0, 0.1) is 0 Å². The summed E-state index contributed by atoms with van der Waals surface area (Å²) in [4.78, 5) is 0. The Morgan fingerprint density at radius 2 is 1.78 bits per heavy atom. The highest BCUT2D eigenvalue weighted by atomic mass is 35.5. The number of hydrogen-bond donors (Lipinski definition) is 1. The van der Waals surface area contributed by atoms with Crippen LogP contribution in [0.3, 0.4) is 0 Å². The zero-order valence-corrected chi connectivity index (χ0v) is 13.2. The van der Waals surface area contributed by atoms with E-state index in [4.69, 9.17) is 34.8 Å². The number of hydrogen-bond acceptors (Lipinski definition) is 1. The molecular formula is C14H20Cl3N. The Balaban J connectivity index is 2.50. The van der Waals surface area contributed by atoms with E-state index in [1.165, 1.54) is 25.7 Å². The van der Waals surface area contributed by atoms with Gasteiger partial charge in [-0.3, -0.25) is 0 Å². The molecule has 18 heavy (non-hydrogen) atoms. The fraction of sp³-hybridized carbons (Fsp3) is 0.571. The third-order valence-electron chi connectivity index (χ3n) is 3.01. The molecule has 0 heterocycles. The van der Waals surface area contributed by atoms with Crippen molar-refractivity contribution in [3.63, 3.8) is 0 Å². The first kappa shape index (κ1) is 16.1. The molecule has 4 heteroatoms. The van der Waals surface area contributed by atoms with Crippen molar-refractivity contribution in [3.8, 4) is 0 Å². The SMILES string of the molecule is CCCCCC(C)NCc1c(Cl)ccc(Cl)c1Cl. The van der Waals surface area contributed by atoms with Crippen LogP contribution in [0.2, 0.25) is 15.1 Å². The van der Waals surface area contributed by atoms with Crippen LogP contribution in [-0.2, 0) is 6.54 Å². The van der Waals surface area contributed by atoms with Crippen LogP contribution in [0.5, 0.6) is 0 Å². The summed E-state index contributed by atoms with van der Waals surface area (Å²) in [5.41, 5.74) is 0.883. The normalized spacial score (nSPS) is 12.7. The first-order valence-corrected chi connectivity index (χ1v) is 7.55. The molecule has 1 atom stereocenters. The van der Waals surface area contributed by atoms with E-state index in [0.29, 0.717) is 27.7 Å². The lowest BCUT2D eigenvalue weighted by Crippen LogP contribution is -2.25. The lowest BCUT2D eigenvalue weighted by Gasteiger charge is -2.15. The van der Waals surface area contributed by atoms with Gasteiger partial charge in [-0.2, -0.15) is 0 Å². The van der Waals surface area contributed by atoms with Gasteiger partial charge in [0.2, 0.25) is 0 Å². The summed E-state index contributed by atoms with van der Waals surface area (Å²) >= 11 is 18.3. The topological polar surface area (TPSA) is 12.0 Å². The largest absolute Gasteiger partial charge is 0.310 e. The molecule has 102 valence electrons. The van der Waals surface area contributed by atoms with Crippen LogP contribution in [0.15, 0.2) is 12.1 Å². The number of unbranched alkanes of at least 4 members (excludes halogenated alkanes) is 2. The summed E-state index contributed by atoms with van der Waals surface area (Å²) < 4.78 is 0. The summed E-state index contributed by atoms with van der Waals surface area (Å²) in [6.45, 7) is 5.05. The fourth-order valence-corrected chi connectivity index (χ4v) is 2.49. The molecule has 0 aliphatic heterocycles. The Hall–Kier alpha value is 0.0500. The van der Waals surface area contributed by atoms with E-state index in [1.54, 1.807) is 12.1 Å². The monoisotopic (exact) mass is 307 g/mol. The van der Waals surface area contributed by atoms with Crippen LogP contribution in [0.25, 0.3) is 0 Å². The molecule has 1 nitrogen and oxygen atoms in total. The van der Waals surface area contributed by atoms with Crippen LogP contribution in [-0.4, -0.2) is 6.04 Å². The molecule has 1 aromatic rings. The highest BCUT2D eigenvalue weighted by Gasteiger charge is 2.10. The van der Waals surface area contributed by atoms with E-state index >= 15 is 0 Å². The van der Waals surface area contributed by atoms with E-state index in [2.05, 4.69) is 19.2 Å². The molecule has 0 amide bonds. The Kier molecular flexibility index (Phi) is 7.40. The summed E-state index contributed by atoms with van der Waals surface area (Å²) in [5.74, 6) is 0. The van der Waals surface area contributed by atoms with Gasteiger partial charge in [0.15, 0.2) is 0 Å². The molecule has 1 unspecified atom stereocenters. The molecule has 0 aliphatic rings. The van der Waals surface area contributed by atoms with Gasteiger partial charge in [0, 0.05) is 23.2 Å². The lowest BCUT2D eigenvalue weighted by molar-refractivity contribution is 0.487. The summed E-state index contributed by atoms with van der Waals surface area (Å²) in [7, 11) is 0. The minimum Gasteiger partial charge on any atom is -0.310 e. The highest BCUT2D eigenvalue weighted by molar-refractivity contribution is 6.44. The highest BCUT2D eigenvalue weighted by Crippen LogP contribution is 2.31. The van der Waals surface area contributed by atoms with Crippen molar-refractivity contribution in [3.05, 3.63) is 32.8 Å². The quantitative estimate of drug-likeness (QED) is 0.503. The van der Waals surface area contributed by atoms with Gasteiger partial charge in [-0.15, -0.1) is 0 Å². The average molecular weight is 309 g/mol. The third kappa shape index (κ3) is 4.97. The molecule has 0 aliphatic carbocycles. The maximum atomic E-state index is 6.15. The van der Waals surface area contributed by atoms with Gasteiger partial charge in [-0.1, -0.05) is 61.0 Å². The Morgan fingerprint density at radius 1 is 1.11 bits per heavy atom. The van der Waals surface area contributed by atoms with E-state index in [9.17, 15) is 0 Å². The van der Waals surface area contributed by atoms with Crippen molar-refractivity contribution in [2.75, 3.05) is 0 Å². The van der Waals surface area contributed by atoms with Crippen molar-refractivity contribution < 1.29 is 0 Å². The molecule has 0 saturated heterocycles. The number of rotatable bonds is 7. The molecule has 0 spiro atoms. The third-order valence-corrected chi connectivity index (χ3v) is 4.20. The van der Waals surface area contributed by atoms with Gasteiger partial charge in [0.05, 0.1) is 10.0 Å². The van der Waals surface area contributed by atoms with Crippen molar-refractivity contribution in [1.29, 1.82) is 0 Å². The van der Waals surface area contributed by atoms with Crippen LogP contribution < -0.4 is 5.32 Å². The van der Waals surface area contributed by atoms with Crippen molar-refractivity contribution >= 4 is 34.8 Å². The standard InChI is InChI=1S/C14H20Cl3N/c1-3-4-5-6-10(2)18-9-11-12(15)7-8-13(16)14(11)17/h7-8,10,18H,3-6,9H2,1-2H3. The smallest absolute Gasteiger partial charge is 0.0652 e. The number of nitrogens with one attached hydrogen (secondary N) is 1. The lowest BCUT2D eigenvalue weighted by atomic mass is 10.1. The van der Waals surface area contributed by atoms with Crippen LogP contribution in [0.4, 0.5) is 0 Å². The Labute approximate surface area is 125 Å². The number of halogens is 3. The first-order valence-electron chi connectivity index (χ1n) is 6.42. The van der Waals surface area contributed by atoms with E-state index in [0.717, 1.165) is 5.56 Å². The number of benzene rings is 1. The maximum absolute atomic E-state index is 6.15. The molecule has 1 N–H and O–H groups in total. The van der Waals surface area contributed by atoms with Crippen molar-refractivity contribution in [2.45, 2.75) is 52.1 Å². The van der Waals surface area contributed by atoms with Gasteiger partial charge in [0.1, 0.15) is 0 Å². The predicted molar refractivity (Wildman–Crippen MR) is 81.9 cm³/mol. The zero-order chi connectivity index (χ0) is 13.5. The Morgan fingerprint density at radius 3 is 2.44 bits per heavy atom. The molecule has 0 saturated carbocycles. The maximum Gasteiger partial charge on any atom is 0.0652 e. The summed E-state index contributed by atoms with van der Waals surface area (Å²) in [6, 6.07) is 3.97. The molecule has 0 radical (unpaired) electrons. The van der Waals surface area contributed by atoms with E-state index in [1.807, 2.05) is 0 Å². The second kappa shape index (κ2) is 8.27. The van der Waals surface area contributed by atoms with E-state index < -0.39 is 0 Å². The van der Waals surface area contributed by atoms with E-state index in [-0.39, 0.29) is 0 Å². The van der Waals surface area contributed by atoms with Crippen molar-refractivity contribution in [1.82, 2.24) is 5.32 Å². The van der Waals surface area contributed by atoms with Gasteiger partial charge in [-0.25, -0.2) is 0 Å². The van der Waals surface area contributed by atoms with Gasteiger partial charge < -0.3 is 5.32 Å². The second-order valence-electron chi connectivity index (χ2n) is 4.60. The fourth-order valence-electron chi connectivity index (χ4n) is 1.81. The van der Waals surface area contributed by atoms with Crippen molar-refractivity contribution in [2.24, 2.45) is 0 Å². The molecule has 1 rings (SSSR count). The summed E-state index contributed by atoms with van der Waals surface area (Å²) in [6.07, 6.45) is 4.95. The zero-order valence-electron chi connectivity index (χ0n) is 10.9. The first-order chi connectivity index (χ1) is 8.56. The van der Waals surface area contributed by atoms with Crippen LogP contribution >= 0.6 is 34.8 Å². The summed E-state index contributed by atoms with van der Waals surface area (Å²) in [5, 5.41) is 5.21. The second-order valence-corrected chi connectivity index (χ2v) is 5.79.